The maximum Gasteiger partial charge on any atom is 0.330 e. The molecule has 0 bridgehead atoms. The largest absolute Gasteiger partial charge is 0.479 e. The van der Waals surface area contributed by atoms with Crippen molar-refractivity contribution in [2.24, 2.45) is 11.7 Å². The number of anilines is 1. The van der Waals surface area contributed by atoms with Crippen molar-refractivity contribution in [2.75, 3.05) is 4.90 Å². The van der Waals surface area contributed by atoms with Gasteiger partial charge < -0.3 is 10.8 Å². The van der Waals surface area contributed by atoms with Crippen molar-refractivity contribution in [3.05, 3.63) is 30.3 Å². The first-order valence-electron chi connectivity index (χ1n) is 15.7. The van der Waals surface area contributed by atoms with E-state index < -0.39 is 11.5 Å². The van der Waals surface area contributed by atoms with Crippen molar-refractivity contribution in [3.63, 3.8) is 0 Å². The van der Waals surface area contributed by atoms with Gasteiger partial charge in [0.2, 0.25) is 5.91 Å². The normalized spacial score (nSPS) is 14.6. The minimum absolute atomic E-state index is 0.0796. The molecule has 0 saturated carbocycles. The van der Waals surface area contributed by atoms with E-state index in [2.05, 4.69) is 13.8 Å². The van der Waals surface area contributed by atoms with Gasteiger partial charge in [0.1, 0.15) is 5.54 Å². The summed E-state index contributed by atoms with van der Waals surface area (Å²) < 4.78 is 0. The lowest BCUT2D eigenvalue weighted by molar-refractivity contribution is -0.147. The first-order chi connectivity index (χ1) is 18.3. The van der Waals surface area contributed by atoms with Gasteiger partial charge in [0.15, 0.2) is 0 Å². The Kier molecular flexibility index (Phi) is 18.0. The van der Waals surface area contributed by atoms with Crippen molar-refractivity contribution >= 4 is 17.6 Å². The van der Waals surface area contributed by atoms with E-state index in [1.165, 1.54) is 38.5 Å². The highest BCUT2D eigenvalue weighted by Crippen LogP contribution is 2.36. The van der Waals surface area contributed by atoms with E-state index in [-0.39, 0.29) is 17.9 Å². The zero-order valence-electron chi connectivity index (χ0n) is 25.1. The van der Waals surface area contributed by atoms with E-state index in [1.807, 2.05) is 37.3 Å². The minimum atomic E-state index is -1.29. The van der Waals surface area contributed by atoms with Gasteiger partial charge in [0.05, 0.1) is 0 Å². The van der Waals surface area contributed by atoms with Crippen LogP contribution < -0.4 is 10.6 Å². The van der Waals surface area contributed by atoms with Crippen molar-refractivity contribution < 1.29 is 14.7 Å². The number of carboxylic acids is 1. The van der Waals surface area contributed by atoms with Crippen molar-refractivity contribution in [1.29, 1.82) is 0 Å². The number of amides is 1. The lowest BCUT2D eigenvalue weighted by Crippen LogP contribution is -2.60. The second kappa shape index (κ2) is 20.1. The molecule has 0 aliphatic carbocycles. The molecule has 2 unspecified atom stereocenters. The van der Waals surface area contributed by atoms with Gasteiger partial charge in [-0.15, -0.1) is 0 Å². The molecule has 3 N–H and O–H groups in total. The Labute approximate surface area is 234 Å². The molecule has 0 heterocycles. The third kappa shape index (κ3) is 11.9. The Morgan fingerprint density at radius 3 is 1.87 bits per heavy atom. The highest BCUT2D eigenvalue weighted by atomic mass is 16.4. The number of aliphatic carboxylic acids is 1. The highest BCUT2D eigenvalue weighted by molar-refractivity contribution is 6.01. The molecule has 0 aliphatic rings. The van der Waals surface area contributed by atoms with E-state index in [4.69, 9.17) is 5.73 Å². The maximum atomic E-state index is 13.7. The first-order valence-corrected chi connectivity index (χ1v) is 15.7. The van der Waals surface area contributed by atoms with E-state index >= 15 is 0 Å². The number of benzene rings is 1. The molecule has 5 heteroatoms. The van der Waals surface area contributed by atoms with E-state index in [0.29, 0.717) is 18.5 Å². The van der Waals surface area contributed by atoms with Gasteiger partial charge in [-0.05, 0) is 50.7 Å². The number of carboxylic acid groups (broad SMARTS) is 1. The molecule has 5 nitrogen and oxygen atoms in total. The topological polar surface area (TPSA) is 83.6 Å². The van der Waals surface area contributed by atoms with Crippen LogP contribution in [0.5, 0.6) is 0 Å². The SMILES string of the molecule is CCCCCCCCCCCC(=O)N(c1ccccc1)[C@](C)(C(=O)O)C(CC)CCCCC(N)CCCC. The third-order valence-corrected chi connectivity index (χ3v) is 8.25. The zero-order valence-corrected chi connectivity index (χ0v) is 25.1. The second-order valence-electron chi connectivity index (χ2n) is 11.4. The summed E-state index contributed by atoms with van der Waals surface area (Å²) in [6, 6.07) is 9.64. The number of hydrogen-bond donors (Lipinski definition) is 2. The third-order valence-electron chi connectivity index (χ3n) is 8.25. The standard InChI is InChI=1S/C33H58N2O3/c1-5-8-10-11-12-13-14-15-19-27-31(36)35(30-25-17-16-18-26-30)33(4,32(37)38)28(7-3)22-20-21-24-29(34)23-9-6-2/h16-18,25-26,28-29H,5-15,19-24,27,34H2,1-4H3,(H,37,38)/t28?,29?,33-/m0/s1. The summed E-state index contributed by atoms with van der Waals surface area (Å²) in [5.74, 6) is -1.14. The van der Waals surface area contributed by atoms with Gasteiger partial charge in [-0.1, -0.05) is 122 Å². The van der Waals surface area contributed by atoms with Crippen LogP contribution in [-0.4, -0.2) is 28.6 Å². The molecule has 1 aromatic carbocycles. The Bertz CT molecular complexity index is 754. The predicted molar refractivity (Wildman–Crippen MR) is 162 cm³/mol. The average Bonchev–Trinajstić information content (AvgIpc) is 2.91. The first kappa shape index (κ1) is 34.1. The summed E-state index contributed by atoms with van der Waals surface area (Å²) in [4.78, 5) is 28.2. The maximum absolute atomic E-state index is 13.7. The number of nitrogens with zero attached hydrogens (tertiary/aromatic N) is 1. The molecule has 1 amide bonds. The van der Waals surface area contributed by atoms with Crippen LogP contribution in [0.2, 0.25) is 0 Å². The monoisotopic (exact) mass is 530 g/mol. The molecular weight excluding hydrogens is 472 g/mol. The van der Waals surface area contributed by atoms with Crippen molar-refractivity contribution in [3.8, 4) is 0 Å². The summed E-state index contributed by atoms with van der Waals surface area (Å²) in [5, 5.41) is 10.6. The molecule has 0 fully saturated rings. The number of carbonyl (C=O) groups excluding carboxylic acids is 1. The van der Waals surface area contributed by atoms with Crippen LogP contribution >= 0.6 is 0 Å². The molecule has 3 atom stereocenters. The predicted octanol–water partition coefficient (Wildman–Crippen LogP) is 8.89. The van der Waals surface area contributed by atoms with Gasteiger partial charge in [-0.3, -0.25) is 9.69 Å². The summed E-state index contributed by atoms with van der Waals surface area (Å²) in [7, 11) is 0. The van der Waals surface area contributed by atoms with Gasteiger partial charge in [0.25, 0.3) is 0 Å². The number of unbranched alkanes of at least 4 members (excludes halogenated alkanes) is 10. The van der Waals surface area contributed by atoms with E-state index in [0.717, 1.165) is 64.2 Å². The fraction of sp³-hybridized carbons (Fsp3) is 0.758. The number of carbonyl (C=O) groups is 2. The van der Waals surface area contributed by atoms with Gasteiger partial charge in [-0.2, -0.15) is 0 Å². The van der Waals surface area contributed by atoms with Crippen LogP contribution in [0, 0.1) is 5.92 Å². The Hall–Kier alpha value is -1.88. The molecular formula is C33H58N2O3. The summed E-state index contributed by atoms with van der Waals surface area (Å²) >= 11 is 0. The van der Waals surface area contributed by atoms with Gasteiger partial charge >= 0.3 is 5.97 Å². The molecule has 0 spiro atoms. The molecule has 0 radical (unpaired) electrons. The Balaban J connectivity index is 2.86. The quantitative estimate of drug-likeness (QED) is 0.138. The average molecular weight is 531 g/mol. The van der Waals surface area contributed by atoms with Crippen molar-refractivity contribution in [2.45, 2.75) is 155 Å². The van der Waals surface area contributed by atoms with Crippen LogP contribution in [0.15, 0.2) is 30.3 Å². The minimum Gasteiger partial charge on any atom is -0.479 e. The van der Waals surface area contributed by atoms with Crippen LogP contribution in [0.4, 0.5) is 5.69 Å². The van der Waals surface area contributed by atoms with Crippen molar-refractivity contribution in [1.82, 2.24) is 0 Å². The smallest absolute Gasteiger partial charge is 0.330 e. The summed E-state index contributed by atoms with van der Waals surface area (Å²) in [6.45, 7) is 8.23. The molecule has 1 aromatic rings. The lowest BCUT2D eigenvalue weighted by atomic mass is 9.78. The number of para-hydroxylation sites is 1. The molecule has 0 aromatic heterocycles. The van der Waals surface area contributed by atoms with E-state index in [9.17, 15) is 14.7 Å². The molecule has 0 saturated heterocycles. The van der Waals surface area contributed by atoms with Gasteiger partial charge in [0, 0.05) is 18.2 Å². The van der Waals surface area contributed by atoms with Crippen LogP contribution in [-0.2, 0) is 9.59 Å². The Morgan fingerprint density at radius 2 is 1.32 bits per heavy atom. The number of nitrogens with two attached hydrogens (primary N) is 1. The fourth-order valence-corrected chi connectivity index (χ4v) is 5.69. The molecule has 1 rings (SSSR count). The molecule has 38 heavy (non-hydrogen) atoms. The number of rotatable bonds is 23. The summed E-state index contributed by atoms with van der Waals surface area (Å²) in [6.07, 6.45) is 18.8. The van der Waals surface area contributed by atoms with Crippen LogP contribution in [0.1, 0.15) is 143 Å². The lowest BCUT2D eigenvalue weighted by Gasteiger charge is -2.43. The fourth-order valence-electron chi connectivity index (χ4n) is 5.69. The van der Waals surface area contributed by atoms with Crippen LogP contribution in [0.3, 0.4) is 0 Å². The number of hydrogen-bond acceptors (Lipinski definition) is 3. The zero-order chi connectivity index (χ0) is 28.2. The molecule has 0 aliphatic heterocycles. The second-order valence-corrected chi connectivity index (χ2v) is 11.4. The molecule has 218 valence electrons. The van der Waals surface area contributed by atoms with Crippen LogP contribution in [0.25, 0.3) is 0 Å². The summed E-state index contributed by atoms with van der Waals surface area (Å²) in [5.41, 5.74) is 5.65. The van der Waals surface area contributed by atoms with Gasteiger partial charge in [-0.25, -0.2) is 4.79 Å². The Morgan fingerprint density at radius 1 is 0.789 bits per heavy atom. The highest BCUT2D eigenvalue weighted by Gasteiger charge is 2.48. The van der Waals surface area contributed by atoms with E-state index in [1.54, 1.807) is 11.8 Å².